The van der Waals surface area contributed by atoms with Crippen LogP contribution in [0.5, 0.6) is 0 Å². The fourth-order valence-corrected chi connectivity index (χ4v) is 2.86. The minimum Gasteiger partial charge on any atom is -0.444 e. The Labute approximate surface area is 137 Å². The second-order valence-corrected chi connectivity index (χ2v) is 5.79. The number of fused-ring (bicyclic) bond motifs is 1. The van der Waals surface area contributed by atoms with Gasteiger partial charge in [0.15, 0.2) is 0 Å². The van der Waals surface area contributed by atoms with E-state index in [1.807, 2.05) is 36.4 Å². The Hall–Kier alpha value is -2.55. The smallest absolute Gasteiger partial charge is 0.411 e. The van der Waals surface area contributed by atoms with Crippen LogP contribution >= 0.6 is 0 Å². The highest BCUT2D eigenvalue weighted by Crippen LogP contribution is 2.27. The van der Waals surface area contributed by atoms with Crippen LogP contribution in [0.4, 0.5) is 10.5 Å². The maximum absolute atomic E-state index is 11.9. The van der Waals surface area contributed by atoms with Gasteiger partial charge in [0, 0.05) is 5.69 Å². The van der Waals surface area contributed by atoms with Crippen LogP contribution in [0.25, 0.3) is 0 Å². The van der Waals surface area contributed by atoms with Crippen LogP contribution in [0.3, 0.4) is 0 Å². The predicted octanol–water partition coefficient (Wildman–Crippen LogP) is 4.87. The maximum atomic E-state index is 11.9. The van der Waals surface area contributed by atoms with Gasteiger partial charge in [-0.25, -0.2) is 4.79 Å². The number of anilines is 1. The van der Waals surface area contributed by atoms with Crippen LogP contribution in [0, 0.1) is 0 Å². The molecule has 1 amide bonds. The third kappa shape index (κ3) is 4.01. The molecule has 0 fully saturated rings. The van der Waals surface area contributed by atoms with Crippen LogP contribution in [0.2, 0.25) is 0 Å². The summed E-state index contributed by atoms with van der Waals surface area (Å²) in [5.41, 5.74) is 5.93. The molecular weight excluding hydrogens is 286 g/mol. The highest BCUT2D eigenvalue weighted by atomic mass is 16.5. The molecule has 0 saturated carbocycles. The van der Waals surface area contributed by atoms with E-state index in [0.29, 0.717) is 0 Å². The Morgan fingerprint density at radius 3 is 2.74 bits per heavy atom. The minimum absolute atomic E-state index is 0.280. The molecule has 2 aromatic carbocycles. The molecule has 3 rings (SSSR count). The number of carbonyl (C=O) groups is 1. The van der Waals surface area contributed by atoms with E-state index in [-0.39, 0.29) is 6.61 Å². The quantitative estimate of drug-likeness (QED) is 0.821. The SMILES string of the molecule is C/C=C1\CCc2cc(NC(=O)OCc3ccccc3)ccc2C1. The summed E-state index contributed by atoms with van der Waals surface area (Å²) in [4.78, 5) is 11.9. The standard InChI is InChI=1S/C20H21NO2/c1-2-15-8-9-18-13-19(11-10-17(18)12-15)21-20(22)23-14-16-6-4-3-5-7-16/h2-7,10-11,13H,8-9,12,14H2,1H3,(H,21,22)/b15-2+. The van der Waals surface area contributed by atoms with Crippen LogP contribution < -0.4 is 5.32 Å². The van der Waals surface area contributed by atoms with Gasteiger partial charge >= 0.3 is 6.09 Å². The van der Waals surface area contributed by atoms with Crippen molar-refractivity contribution in [3.05, 3.63) is 76.9 Å². The van der Waals surface area contributed by atoms with Crippen molar-refractivity contribution in [1.82, 2.24) is 0 Å². The lowest BCUT2D eigenvalue weighted by atomic mass is 9.87. The highest BCUT2D eigenvalue weighted by Gasteiger charge is 2.13. The maximum Gasteiger partial charge on any atom is 0.411 e. The Kier molecular flexibility index (Phi) is 4.77. The predicted molar refractivity (Wildman–Crippen MR) is 92.5 cm³/mol. The first-order valence-corrected chi connectivity index (χ1v) is 7.98. The topological polar surface area (TPSA) is 38.3 Å². The Morgan fingerprint density at radius 2 is 1.96 bits per heavy atom. The van der Waals surface area contributed by atoms with E-state index in [4.69, 9.17) is 4.74 Å². The molecular formula is C20H21NO2. The van der Waals surface area contributed by atoms with E-state index in [0.717, 1.165) is 30.5 Å². The number of benzene rings is 2. The Bertz CT molecular complexity index is 720. The van der Waals surface area contributed by atoms with Crippen molar-refractivity contribution in [3.8, 4) is 0 Å². The lowest BCUT2D eigenvalue weighted by Crippen LogP contribution is -2.14. The molecule has 0 atom stereocenters. The lowest BCUT2D eigenvalue weighted by molar-refractivity contribution is 0.155. The van der Waals surface area contributed by atoms with Crippen molar-refractivity contribution in [2.24, 2.45) is 0 Å². The number of aryl methyl sites for hydroxylation is 1. The third-order valence-electron chi connectivity index (χ3n) is 4.21. The van der Waals surface area contributed by atoms with Gasteiger partial charge < -0.3 is 4.74 Å². The van der Waals surface area contributed by atoms with Crippen molar-refractivity contribution in [3.63, 3.8) is 0 Å². The van der Waals surface area contributed by atoms with Gasteiger partial charge in [0.1, 0.15) is 6.61 Å². The summed E-state index contributed by atoms with van der Waals surface area (Å²) in [7, 11) is 0. The zero-order chi connectivity index (χ0) is 16.1. The molecule has 23 heavy (non-hydrogen) atoms. The number of carbonyl (C=O) groups excluding carboxylic acids is 1. The molecule has 118 valence electrons. The van der Waals surface area contributed by atoms with Crippen molar-refractivity contribution < 1.29 is 9.53 Å². The number of nitrogens with one attached hydrogen (secondary N) is 1. The molecule has 0 aromatic heterocycles. The first-order chi connectivity index (χ1) is 11.2. The molecule has 0 unspecified atom stereocenters. The van der Waals surface area contributed by atoms with Crippen LogP contribution in [0.1, 0.15) is 30.0 Å². The minimum atomic E-state index is -0.418. The summed E-state index contributed by atoms with van der Waals surface area (Å²) in [5, 5.41) is 2.81. The van der Waals surface area contributed by atoms with Gasteiger partial charge in [-0.3, -0.25) is 5.32 Å². The van der Waals surface area contributed by atoms with E-state index < -0.39 is 6.09 Å². The van der Waals surface area contributed by atoms with Gasteiger partial charge in [-0.05, 0) is 55.0 Å². The zero-order valence-corrected chi connectivity index (χ0v) is 13.3. The second kappa shape index (κ2) is 7.14. The summed E-state index contributed by atoms with van der Waals surface area (Å²) >= 11 is 0. The van der Waals surface area contributed by atoms with Gasteiger partial charge in [0.2, 0.25) is 0 Å². The van der Waals surface area contributed by atoms with Crippen LogP contribution in [0.15, 0.2) is 60.2 Å². The molecule has 0 heterocycles. The average Bonchev–Trinajstić information content (AvgIpc) is 2.60. The molecule has 0 bridgehead atoms. The number of hydrogen-bond donors (Lipinski definition) is 1. The number of allylic oxidation sites excluding steroid dienone is 2. The Morgan fingerprint density at radius 1 is 1.13 bits per heavy atom. The molecule has 3 nitrogen and oxygen atoms in total. The van der Waals surface area contributed by atoms with Gasteiger partial charge in [0.25, 0.3) is 0 Å². The third-order valence-corrected chi connectivity index (χ3v) is 4.21. The summed E-state index contributed by atoms with van der Waals surface area (Å²) in [5.74, 6) is 0. The number of rotatable bonds is 3. The first-order valence-electron chi connectivity index (χ1n) is 7.98. The summed E-state index contributed by atoms with van der Waals surface area (Å²) in [6, 6.07) is 15.8. The van der Waals surface area contributed by atoms with Crippen molar-refractivity contribution >= 4 is 11.8 Å². The van der Waals surface area contributed by atoms with E-state index in [1.165, 1.54) is 16.7 Å². The van der Waals surface area contributed by atoms with E-state index >= 15 is 0 Å². The molecule has 2 aromatic rings. The molecule has 1 aliphatic rings. The second-order valence-electron chi connectivity index (χ2n) is 5.79. The lowest BCUT2D eigenvalue weighted by Gasteiger charge is -2.19. The van der Waals surface area contributed by atoms with Gasteiger partial charge in [-0.1, -0.05) is 48.0 Å². The molecule has 0 aliphatic heterocycles. The molecule has 1 N–H and O–H groups in total. The highest BCUT2D eigenvalue weighted by molar-refractivity contribution is 5.84. The van der Waals surface area contributed by atoms with Crippen LogP contribution in [-0.4, -0.2) is 6.09 Å². The molecule has 1 aliphatic carbocycles. The summed E-state index contributed by atoms with van der Waals surface area (Å²) in [6.45, 7) is 2.38. The van der Waals surface area contributed by atoms with Gasteiger partial charge in [0.05, 0.1) is 0 Å². The first kappa shape index (κ1) is 15.3. The normalized spacial score (nSPS) is 15.1. The zero-order valence-electron chi connectivity index (χ0n) is 13.3. The summed E-state index contributed by atoms with van der Waals surface area (Å²) in [6.07, 6.45) is 4.94. The van der Waals surface area contributed by atoms with E-state index in [2.05, 4.69) is 30.4 Å². The molecule has 3 heteroatoms. The Balaban J connectivity index is 1.59. The van der Waals surface area contributed by atoms with Crippen molar-refractivity contribution in [1.29, 1.82) is 0 Å². The largest absolute Gasteiger partial charge is 0.444 e. The van der Waals surface area contributed by atoms with Gasteiger partial charge in [-0.2, -0.15) is 0 Å². The van der Waals surface area contributed by atoms with E-state index in [1.54, 1.807) is 0 Å². The molecule has 0 radical (unpaired) electrons. The fraction of sp³-hybridized carbons (Fsp3) is 0.250. The van der Waals surface area contributed by atoms with Crippen LogP contribution in [-0.2, 0) is 24.2 Å². The number of amides is 1. The summed E-state index contributed by atoms with van der Waals surface area (Å²) < 4.78 is 5.25. The monoisotopic (exact) mass is 307 g/mol. The van der Waals surface area contributed by atoms with Crippen molar-refractivity contribution in [2.75, 3.05) is 5.32 Å². The van der Waals surface area contributed by atoms with E-state index in [9.17, 15) is 4.79 Å². The fourth-order valence-electron chi connectivity index (χ4n) is 2.86. The molecule has 0 spiro atoms. The number of hydrogen-bond acceptors (Lipinski definition) is 2. The average molecular weight is 307 g/mol. The number of ether oxygens (including phenoxy) is 1. The van der Waals surface area contributed by atoms with Gasteiger partial charge in [-0.15, -0.1) is 0 Å². The molecule has 0 saturated heterocycles. The van der Waals surface area contributed by atoms with Crippen molar-refractivity contribution in [2.45, 2.75) is 32.8 Å².